The zero-order chi connectivity index (χ0) is 17.3. The summed E-state index contributed by atoms with van der Waals surface area (Å²) in [6, 6.07) is -0.501. The van der Waals surface area contributed by atoms with Gasteiger partial charge in [-0.25, -0.2) is 13.1 Å². The van der Waals surface area contributed by atoms with E-state index in [1.165, 1.54) is 11.0 Å². The normalized spacial score (nSPS) is 18.2. The van der Waals surface area contributed by atoms with E-state index in [0.29, 0.717) is 23.0 Å². The molecule has 24 heavy (non-hydrogen) atoms. The van der Waals surface area contributed by atoms with Gasteiger partial charge in [-0.3, -0.25) is 4.90 Å². The number of hydrogen-bond donors (Lipinski definition) is 2. The third kappa shape index (κ3) is 5.45. The second-order valence-corrected chi connectivity index (χ2v) is 8.87. The van der Waals surface area contributed by atoms with Gasteiger partial charge in [-0.05, 0) is 18.6 Å². The fraction of sp³-hybridized carbons (Fsp3) is 0.667. The Morgan fingerprint density at radius 2 is 2.00 bits per heavy atom. The molecule has 1 aromatic rings. The minimum atomic E-state index is -4.51. The molecule has 1 saturated heterocycles. The summed E-state index contributed by atoms with van der Waals surface area (Å²) < 4.78 is 66.3. The van der Waals surface area contributed by atoms with Crippen LogP contribution in [0.25, 0.3) is 0 Å². The average molecular weight is 428 g/mol. The molecule has 5 nitrogen and oxygen atoms in total. The van der Waals surface area contributed by atoms with Crippen molar-refractivity contribution in [3.05, 3.63) is 16.0 Å². The number of halogens is 5. The van der Waals surface area contributed by atoms with E-state index in [1.807, 2.05) is 0 Å². The highest BCUT2D eigenvalue weighted by atomic mass is 35.5. The topological polar surface area (TPSA) is 61.4 Å². The Bertz CT molecular complexity index is 627. The summed E-state index contributed by atoms with van der Waals surface area (Å²) in [5.74, 6) is 0. The molecule has 1 unspecified atom stereocenters. The summed E-state index contributed by atoms with van der Waals surface area (Å²) in [6.07, 6.45) is -4.51. The minimum absolute atomic E-state index is 0. The van der Waals surface area contributed by atoms with Crippen LogP contribution in [0.4, 0.5) is 13.2 Å². The van der Waals surface area contributed by atoms with Gasteiger partial charge in [-0.2, -0.15) is 13.2 Å². The highest BCUT2D eigenvalue weighted by Crippen LogP contribution is 2.30. The van der Waals surface area contributed by atoms with Crippen LogP contribution in [-0.4, -0.2) is 58.3 Å². The van der Waals surface area contributed by atoms with E-state index < -0.39 is 28.8 Å². The number of thiophene rings is 1. The molecule has 12 heteroatoms. The number of rotatable bonds is 5. The first-order valence-corrected chi connectivity index (χ1v) is 9.56. The van der Waals surface area contributed by atoms with Crippen LogP contribution in [0.2, 0.25) is 4.34 Å². The predicted octanol–water partition coefficient (Wildman–Crippen LogP) is 2.25. The van der Waals surface area contributed by atoms with Crippen molar-refractivity contribution in [2.45, 2.75) is 23.4 Å². The Hall–Kier alpha value is -0.100. The Morgan fingerprint density at radius 1 is 1.42 bits per heavy atom. The molecule has 2 N–H and O–H groups in total. The van der Waals surface area contributed by atoms with E-state index in [9.17, 15) is 21.6 Å². The van der Waals surface area contributed by atoms with Crippen molar-refractivity contribution in [3.8, 4) is 0 Å². The number of sulfonamides is 1. The van der Waals surface area contributed by atoms with E-state index in [-0.39, 0.29) is 29.7 Å². The van der Waals surface area contributed by atoms with Crippen LogP contribution in [0.15, 0.2) is 10.3 Å². The Morgan fingerprint density at radius 3 is 2.46 bits per heavy atom. The third-order valence-electron chi connectivity index (χ3n) is 3.54. The van der Waals surface area contributed by atoms with Crippen LogP contribution in [0.1, 0.15) is 5.56 Å². The number of alkyl halides is 3. The lowest BCUT2D eigenvalue weighted by atomic mass is 10.2. The van der Waals surface area contributed by atoms with Crippen molar-refractivity contribution >= 4 is 45.4 Å². The molecule has 2 rings (SSSR count). The highest BCUT2D eigenvalue weighted by Gasteiger charge is 2.44. The van der Waals surface area contributed by atoms with Gasteiger partial charge in [0.25, 0.3) is 0 Å². The van der Waals surface area contributed by atoms with Crippen LogP contribution in [0.3, 0.4) is 0 Å². The second-order valence-electron chi connectivity index (χ2n) is 5.22. The molecule has 0 saturated carbocycles. The Kier molecular flexibility index (Phi) is 7.79. The van der Waals surface area contributed by atoms with Crippen molar-refractivity contribution in [2.24, 2.45) is 0 Å². The first-order chi connectivity index (χ1) is 10.6. The maximum atomic E-state index is 13.2. The lowest BCUT2D eigenvalue weighted by Gasteiger charge is -2.35. The molecule has 1 aliphatic rings. The van der Waals surface area contributed by atoms with Crippen LogP contribution >= 0.6 is 35.3 Å². The maximum absolute atomic E-state index is 13.2. The molecule has 0 radical (unpaired) electrons. The van der Waals surface area contributed by atoms with Gasteiger partial charge in [0.1, 0.15) is 10.3 Å². The number of hydrogen-bond acceptors (Lipinski definition) is 5. The number of nitrogens with one attached hydrogen (secondary N) is 2. The molecule has 0 bridgehead atoms. The van der Waals surface area contributed by atoms with E-state index >= 15 is 0 Å². The zero-order valence-corrected chi connectivity index (χ0v) is 15.9. The summed E-state index contributed by atoms with van der Waals surface area (Å²) in [7, 11) is -4.01. The Balaban J connectivity index is 0.00000288. The molecular weight excluding hydrogens is 410 g/mol. The Labute approximate surface area is 154 Å². The molecule has 140 valence electrons. The first-order valence-electron chi connectivity index (χ1n) is 6.88. The smallest absolute Gasteiger partial charge is 0.314 e. The van der Waals surface area contributed by atoms with Gasteiger partial charge in [-0.15, -0.1) is 23.7 Å². The van der Waals surface area contributed by atoms with Gasteiger partial charge in [0.2, 0.25) is 10.0 Å². The molecule has 1 aromatic heterocycles. The second kappa shape index (κ2) is 8.52. The van der Waals surface area contributed by atoms with E-state index in [4.69, 9.17) is 11.6 Å². The van der Waals surface area contributed by atoms with Gasteiger partial charge in [0.05, 0.1) is 4.34 Å². The van der Waals surface area contributed by atoms with Crippen LogP contribution in [-0.2, 0) is 10.0 Å². The van der Waals surface area contributed by atoms with Gasteiger partial charge in [0, 0.05) is 32.7 Å². The molecule has 1 atom stereocenters. The molecular formula is C12H18Cl2F3N3O2S2. The van der Waals surface area contributed by atoms with Gasteiger partial charge in [0.15, 0.2) is 0 Å². The summed E-state index contributed by atoms with van der Waals surface area (Å²) in [5.41, 5.74) is 0.575. The molecule has 0 aliphatic carbocycles. The summed E-state index contributed by atoms with van der Waals surface area (Å²) >= 11 is 6.65. The standard InChI is InChI=1S/C12H17ClF3N3O2S2.ClH/c1-8-6-10(22-11(8)13)23(20,21)18-7-9(12(14,15)16)19-4-2-17-3-5-19;/h6,9,17-18H,2-5,7H2,1H3;1H. The number of nitrogens with zero attached hydrogens (tertiary/aromatic N) is 1. The lowest BCUT2D eigenvalue weighted by molar-refractivity contribution is -0.182. The maximum Gasteiger partial charge on any atom is 0.405 e. The summed E-state index contributed by atoms with van der Waals surface area (Å²) in [4.78, 5) is 1.24. The van der Waals surface area contributed by atoms with Crippen molar-refractivity contribution in [1.82, 2.24) is 14.9 Å². The van der Waals surface area contributed by atoms with E-state index in [1.54, 1.807) is 6.92 Å². The monoisotopic (exact) mass is 427 g/mol. The highest BCUT2D eigenvalue weighted by molar-refractivity contribution is 7.91. The van der Waals surface area contributed by atoms with Crippen molar-refractivity contribution < 1.29 is 21.6 Å². The predicted molar refractivity (Wildman–Crippen MR) is 90.8 cm³/mol. The van der Waals surface area contributed by atoms with Gasteiger partial charge in [-0.1, -0.05) is 11.6 Å². The molecule has 0 spiro atoms. The van der Waals surface area contributed by atoms with Gasteiger partial charge >= 0.3 is 6.18 Å². The van der Waals surface area contributed by atoms with Crippen LogP contribution in [0.5, 0.6) is 0 Å². The molecule has 0 amide bonds. The van der Waals surface area contributed by atoms with Crippen LogP contribution < -0.4 is 10.0 Å². The molecule has 0 aromatic carbocycles. The van der Waals surface area contributed by atoms with Crippen molar-refractivity contribution in [2.75, 3.05) is 32.7 Å². The molecule has 1 aliphatic heterocycles. The quantitative estimate of drug-likeness (QED) is 0.756. The van der Waals surface area contributed by atoms with Crippen molar-refractivity contribution in [3.63, 3.8) is 0 Å². The lowest BCUT2D eigenvalue weighted by Crippen LogP contribution is -2.57. The average Bonchev–Trinajstić information content (AvgIpc) is 2.79. The van der Waals surface area contributed by atoms with E-state index in [2.05, 4.69) is 10.0 Å². The van der Waals surface area contributed by atoms with Gasteiger partial charge < -0.3 is 5.32 Å². The first kappa shape index (κ1) is 21.9. The largest absolute Gasteiger partial charge is 0.405 e. The van der Waals surface area contributed by atoms with Crippen LogP contribution in [0, 0.1) is 6.92 Å². The number of aryl methyl sites for hydroxylation is 1. The van der Waals surface area contributed by atoms with Crippen molar-refractivity contribution in [1.29, 1.82) is 0 Å². The molecule has 1 fully saturated rings. The zero-order valence-electron chi connectivity index (χ0n) is 12.7. The summed E-state index contributed by atoms with van der Waals surface area (Å²) in [6.45, 7) is 2.24. The van der Waals surface area contributed by atoms with E-state index in [0.717, 1.165) is 11.3 Å². The fourth-order valence-corrected chi connectivity index (χ4v) is 5.06. The molecule has 2 heterocycles. The number of piperazine rings is 1. The minimum Gasteiger partial charge on any atom is -0.314 e. The fourth-order valence-electron chi connectivity index (χ4n) is 2.27. The SMILES string of the molecule is Cc1cc(S(=O)(=O)NCC(N2CCNCC2)C(F)(F)F)sc1Cl.Cl. The third-order valence-corrected chi connectivity index (χ3v) is 6.99. The summed E-state index contributed by atoms with van der Waals surface area (Å²) in [5, 5.41) is 2.97.